The molecule has 12 heteroatoms. The van der Waals surface area contributed by atoms with Crippen molar-refractivity contribution in [3.63, 3.8) is 0 Å². The number of aromatic nitrogens is 1. The molecule has 1 aliphatic carbocycles. The molecule has 1 aromatic heterocycles. The second-order valence-corrected chi connectivity index (χ2v) is 13.4. The van der Waals surface area contributed by atoms with E-state index < -0.39 is 19.5 Å². The van der Waals surface area contributed by atoms with E-state index in [2.05, 4.69) is 5.32 Å². The monoisotopic (exact) mass is 631 g/mol. The summed E-state index contributed by atoms with van der Waals surface area (Å²) in [4.78, 5) is 41.6. The average molecular weight is 632 g/mol. The van der Waals surface area contributed by atoms with Crippen LogP contribution in [0.15, 0.2) is 42.6 Å². The molecule has 43 heavy (non-hydrogen) atoms. The summed E-state index contributed by atoms with van der Waals surface area (Å²) in [7, 11) is -3.62. The van der Waals surface area contributed by atoms with Gasteiger partial charge in [-0.15, -0.1) is 0 Å². The van der Waals surface area contributed by atoms with Gasteiger partial charge in [0.1, 0.15) is 18.4 Å². The summed E-state index contributed by atoms with van der Waals surface area (Å²) in [6, 6.07) is 8.80. The fourth-order valence-corrected chi connectivity index (χ4v) is 8.27. The maximum Gasteiger partial charge on any atom is 0.361 e. The first kappa shape index (κ1) is 31.4. The number of ketones is 1. The zero-order valence-corrected chi connectivity index (χ0v) is 26.1. The number of hydrogen-bond donors (Lipinski definition) is 1. The first-order valence-electron chi connectivity index (χ1n) is 14.6. The number of fused-ring (bicyclic) bond motifs is 2. The molecule has 3 atom stereocenters. The van der Waals surface area contributed by atoms with E-state index in [0.29, 0.717) is 28.2 Å². The summed E-state index contributed by atoms with van der Waals surface area (Å²) in [6.07, 6.45) is 4.84. The fourth-order valence-electron chi connectivity index (χ4n) is 6.48. The van der Waals surface area contributed by atoms with Crippen LogP contribution in [0.3, 0.4) is 0 Å². The highest BCUT2D eigenvalue weighted by atomic mass is 35.5. The number of likely N-dealkylation sites (tertiary alicyclic amines) is 1. The summed E-state index contributed by atoms with van der Waals surface area (Å²) in [5.74, 6) is -1.17. The van der Waals surface area contributed by atoms with Crippen molar-refractivity contribution >= 4 is 53.0 Å². The number of carbonyl (C=O) groups excluding carboxylic acids is 3. The maximum atomic E-state index is 14.4. The van der Waals surface area contributed by atoms with Crippen LogP contribution in [0.1, 0.15) is 62.4 Å². The third kappa shape index (κ3) is 6.16. The van der Waals surface area contributed by atoms with Crippen LogP contribution >= 0.6 is 19.2 Å². The molecule has 1 saturated heterocycles. The minimum absolute atomic E-state index is 0.0233. The average Bonchev–Trinajstić information content (AvgIpc) is 3.67. The van der Waals surface area contributed by atoms with Crippen molar-refractivity contribution in [2.75, 3.05) is 13.2 Å². The summed E-state index contributed by atoms with van der Waals surface area (Å²) < 4.78 is 40.7. The smallest absolute Gasteiger partial charge is 0.350 e. The molecule has 2 aliphatic rings. The lowest BCUT2D eigenvalue weighted by Gasteiger charge is -2.29. The standard InChI is InChI=1S/C31H36ClFN3O6P/c1-4-41-43(40,42-5-2)22-12-13-23-24(19(3)37)17-35(27(23)15-22)18-29(38)36-26-11-7-8-20(26)14-28(36)31(39)34-16-21-9-6-10-25(32)30(21)33/h6,9-10,12-13,15,17,20,26,28H,4-5,7-8,11,14,16,18H2,1-3H3,(H,34,39)/t20-,26-,28+/m1/s1. The number of halogens is 2. The van der Waals surface area contributed by atoms with Crippen molar-refractivity contribution in [1.82, 2.24) is 14.8 Å². The number of carbonyl (C=O) groups is 3. The van der Waals surface area contributed by atoms with Crippen LogP contribution in [0.4, 0.5) is 4.39 Å². The van der Waals surface area contributed by atoms with Crippen LogP contribution in [-0.4, -0.2) is 52.4 Å². The van der Waals surface area contributed by atoms with Gasteiger partial charge in [0.05, 0.1) is 29.1 Å². The third-order valence-electron chi connectivity index (χ3n) is 8.38. The number of nitrogens with zero attached hydrogens (tertiary/aromatic N) is 2. The second-order valence-electron chi connectivity index (χ2n) is 11.0. The van der Waals surface area contributed by atoms with Crippen molar-refractivity contribution < 1.29 is 32.4 Å². The number of rotatable bonds is 11. The van der Waals surface area contributed by atoms with Gasteiger partial charge in [0.15, 0.2) is 5.78 Å². The molecular weight excluding hydrogens is 596 g/mol. The summed E-state index contributed by atoms with van der Waals surface area (Å²) >= 11 is 5.90. The number of benzene rings is 2. The van der Waals surface area contributed by atoms with E-state index in [0.717, 1.165) is 19.3 Å². The number of hydrogen-bond acceptors (Lipinski definition) is 6. The van der Waals surface area contributed by atoms with Crippen LogP contribution in [0.25, 0.3) is 10.9 Å². The predicted octanol–water partition coefficient (Wildman–Crippen LogP) is 5.61. The molecule has 2 fully saturated rings. The summed E-state index contributed by atoms with van der Waals surface area (Å²) in [5.41, 5.74) is 1.23. The van der Waals surface area contributed by atoms with Gasteiger partial charge >= 0.3 is 7.60 Å². The quantitative estimate of drug-likeness (QED) is 0.218. The van der Waals surface area contributed by atoms with Gasteiger partial charge in [0.25, 0.3) is 0 Å². The van der Waals surface area contributed by atoms with Crippen LogP contribution < -0.4 is 10.6 Å². The van der Waals surface area contributed by atoms with E-state index in [-0.39, 0.29) is 66.4 Å². The number of nitrogens with one attached hydrogen (secondary N) is 1. The Labute approximate surface area is 255 Å². The van der Waals surface area contributed by atoms with Gasteiger partial charge in [-0.05, 0) is 64.2 Å². The first-order valence-corrected chi connectivity index (χ1v) is 16.5. The van der Waals surface area contributed by atoms with Crippen molar-refractivity contribution in [3.8, 4) is 0 Å². The Bertz CT molecular complexity index is 1600. The third-order valence-corrected chi connectivity index (χ3v) is 10.8. The molecule has 0 radical (unpaired) electrons. The predicted molar refractivity (Wildman–Crippen MR) is 162 cm³/mol. The van der Waals surface area contributed by atoms with Gasteiger partial charge < -0.3 is 23.8 Å². The molecule has 9 nitrogen and oxygen atoms in total. The van der Waals surface area contributed by atoms with Gasteiger partial charge in [-0.2, -0.15) is 0 Å². The van der Waals surface area contributed by atoms with Crippen molar-refractivity contribution in [2.24, 2.45) is 5.92 Å². The molecule has 1 aliphatic heterocycles. The molecule has 230 valence electrons. The Morgan fingerprint density at radius 3 is 2.56 bits per heavy atom. The molecule has 2 amide bonds. The lowest BCUT2D eigenvalue weighted by Crippen LogP contribution is -2.49. The highest BCUT2D eigenvalue weighted by Gasteiger charge is 2.48. The lowest BCUT2D eigenvalue weighted by atomic mass is 10.0. The largest absolute Gasteiger partial charge is 0.361 e. The Morgan fingerprint density at radius 2 is 1.86 bits per heavy atom. The molecule has 3 aromatic rings. The SMILES string of the molecule is CCOP(=O)(OCC)c1ccc2c(C(C)=O)cn(CC(=O)N3[C@@H]4CCC[C@@H]4C[C@H]3C(=O)NCc3cccc(Cl)c3F)c2c1. The summed E-state index contributed by atoms with van der Waals surface area (Å²) in [6.45, 7) is 5.08. The van der Waals surface area contributed by atoms with Crippen molar-refractivity contribution in [3.05, 3.63) is 64.6 Å². The summed E-state index contributed by atoms with van der Waals surface area (Å²) in [5, 5.41) is 3.72. The Morgan fingerprint density at radius 1 is 1.12 bits per heavy atom. The molecule has 1 N–H and O–H groups in total. The highest BCUT2D eigenvalue weighted by molar-refractivity contribution is 7.62. The van der Waals surface area contributed by atoms with E-state index in [1.165, 1.54) is 13.0 Å². The lowest BCUT2D eigenvalue weighted by molar-refractivity contribution is -0.141. The fraction of sp³-hybridized carbons (Fsp3) is 0.452. The van der Waals surface area contributed by atoms with Crippen LogP contribution in [0.2, 0.25) is 5.02 Å². The van der Waals surface area contributed by atoms with Crippen molar-refractivity contribution in [1.29, 1.82) is 0 Å². The first-order chi connectivity index (χ1) is 20.6. The Hall–Kier alpha value is -3.04. The molecule has 2 heterocycles. The second kappa shape index (κ2) is 12.9. The van der Waals surface area contributed by atoms with Crippen molar-refractivity contribution in [2.45, 2.75) is 71.6 Å². The molecule has 0 bridgehead atoms. The van der Waals surface area contributed by atoms with Gasteiger partial charge in [-0.25, -0.2) is 4.39 Å². The molecular formula is C31H36ClFN3O6P. The van der Waals surface area contributed by atoms with Gasteiger partial charge in [-0.3, -0.25) is 18.9 Å². The topological polar surface area (TPSA) is 107 Å². The van der Waals surface area contributed by atoms with Crippen LogP contribution in [0.5, 0.6) is 0 Å². The van der Waals surface area contributed by atoms with Gasteiger partial charge in [0, 0.05) is 35.3 Å². The van der Waals surface area contributed by atoms with Crippen LogP contribution in [-0.2, 0) is 36.3 Å². The van der Waals surface area contributed by atoms with Gasteiger partial charge in [-0.1, -0.05) is 36.2 Å². The molecule has 0 spiro atoms. The Kier molecular flexibility index (Phi) is 9.42. The van der Waals surface area contributed by atoms with E-state index in [9.17, 15) is 23.3 Å². The molecule has 1 saturated carbocycles. The van der Waals surface area contributed by atoms with E-state index >= 15 is 0 Å². The number of amides is 2. The minimum atomic E-state index is -3.62. The normalized spacial score (nSPS) is 20.0. The van der Waals surface area contributed by atoms with Crippen LogP contribution in [0, 0.1) is 11.7 Å². The van der Waals surface area contributed by atoms with E-state index in [1.807, 2.05) is 0 Å². The van der Waals surface area contributed by atoms with E-state index in [1.54, 1.807) is 59.8 Å². The number of Topliss-reactive ketones (excluding diaryl/α,β-unsaturated/α-hetero) is 1. The molecule has 0 unspecified atom stereocenters. The zero-order valence-electron chi connectivity index (χ0n) is 24.5. The minimum Gasteiger partial charge on any atom is -0.350 e. The zero-order chi connectivity index (χ0) is 30.9. The Balaban J connectivity index is 1.44. The molecule has 2 aromatic carbocycles. The molecule has 5 rings (SSSR count). The van der Waals surface area contributed by atoms with Gasteiger partial charge in [0.2, 0.25) is 11.8 Å². The highest BCUT2D eigenvalue weighted by Crippen LogP contribution is 2.47. The maximum absolute atomic E-state index is 14.4. The van der Waals surface area contributed by atoms with E-state index in [4.69, 9.17) is 20.6 Å².